The van der Waals surface area contributed by atoms with Crippen LogP contribution in [0.1, 0.15) is 12.8 Å². The fraction of sp³-hybridized carbons (Fsp3) is 0.562. The number of hydrogen-bond donors (Lipinski definition) is 1. The molecule has 2 rings (SSSR count). The Hall–Kier alpha value is -1.95. The lowest BCUT2D eigenvalue weighted by molar-refractivity contribution is -0.141. The molecule has 6 nitrogen and oxygen atoms in total. The van der Waals surface area contributed by atoms with Gasteiger partial charge in [0, 0.05) is 43.0 Å². The number of benzene rings is 1. The summed E-state index contributed by atoms with van der Waals surface area (Å²) in [6.45, 7) is 1.51. The molecule has 1 heterocycles. The number of anilines is 1. The maximum Gasteiger partial charge on any atom is 0.305 e. The molecule has 0 aromatic heterocycles. The number of methoxy groups -OCH3 is 3. The summed E-state index contributed by atoms with van der Waals surface area (Å²) in [7, 11) is 4.66. The molecular formula is C16H24N2O4. The van der Waals surface area contributed by atoms with Crippen molar-refractivity contribution in [2.75, 3.05) is 39.3 Å². The summed E-state index contributed by atoms with van der Waals surface area (Å²) in [4.78, 5) is 13.7. The van der Waals surface area contributed by atoms with Crippen molar-refractivity contribution in [3.63, 3.8) is 0 Å². The third-order valence-electron chi connectivity index (χ3n) is 3.95. The molecule has 2 N–H and O–H groups in total. The van der Waals surface area contributed by atoms with E-state index in [1.54, 1.807) is 14.2 Å². The Balaban J connectivity index is 2.18. The molecular weight excluding hydrogens is 284 g/mol. The number of nitrogens with two attached hydrogens (primary N) is 1. The van der Waals surface area contributed by atoms with Gasteiger partial charge >= 0.3 is 5.97 Å². The summed E-state index contributed by atoms with van der Waals surface area (Å²) in [6.07, 6.45) is 1.22. The summed E-state index contributed by atoms with van der Waals surface area (Å²) in [6, 6.07) is 5.77. The zero-order valence-corrected chi connectivity index (χ0v) is 13.4. The molecule has 0 amide bonds. The molecule has 1 aromatic carbocycles. The second-order valence-corrected chi connectivity index (χ2v) is 5.62. The van der Waals surface area contributed by atoms with E-state index in [9.17, 15) is 4.79 Å². The molecule has 2 atom stereocenters. The summed E-state index contributed by atoms with van der Waals surface area (Å²) < 4.78 is 15.4. The summed E-state index contributed by atoms with van der Waals surface area (Å²) in [5.41, 5.74) is 7.14. The van der Waals surface area contributed by atoms with Crippen molar-refractivity contribution in [2.24, 2.45) is 11.7 Å². The first-order valence-electron chi connectivity index (χ1n) is 7.36. The van der Waals surface area contributed by atoms with Gasteiger partial charge in [-0.05, 0) is 12.3 Å². The van der Waals surface area contributed by atoms with Crippen LogP contribution in [0.3, 0.4) is 0 Å². The number of esters is 1. The smallest absolute Gasteiger partial charge is 0.305 e. The Morgan fingerprint density at radius 1 is 1.18 bits per heavy atom. The Morgan fingerprint density at radius 3 is 2.36 bits per heavy atom. The van der Waals surface area contributed by atoms with Gasteiger partial charge < -0.3 is 24.8 Å². The highest BCUT2D eigenvalue weighted by molar-refractivity contribution is 5.69. The standard InChI is InChI=1S/C16H24N2O4/c1-20-14-6-13(7-15(8-14)21-2)18-9-11(4-12(17)10-18)5-16(19)22-3/h6-8,11-12H,4-5,9-10,17H2,1-3H3. The predicted molar refractivity (Wildman–Crippen MR) is 84.5 cm³/mol. The van der Waals surface area contributed by atoms with E-state index in [-0.39, 0.29) is 17.9 Å². The molecule has 0 bridgehead atoms. The van der Waals surface area contributed by atoms with E-state index in [2.05, 4.69) is 4.90 Å². The average molecular weight is 308 g/mol. The Labute approximate surface area is 131 Å². The van der Waals surface area contributed by atoms with Crippen LogP contribution in [0.5, 0.6) is 11.5 Å². The number of carbonyl (C=O) groups is 1. The van der Waals surface area contributed by atoms with Crippen LogP contribution >= 0.6 is 0 Å². The van der Waals surface area contributed by atoms with Crippen LogP contribution in [0, 0.1) is 5.92 Å². The molecule has 0 radical (unpaired) electrons. The monoisotopic (exact) mass is 308 g/mol. The van der Waals surface area contributed by atoms with Gasteiger partial charge in [0.15, 0.2) is 0 Å². The first kappa shape index (κ1) is 16.4. The minimum atomic E-state index is -0.192. The van der Waals surface area contributed by atoms with Gasteiger partial charge in [0.1, 0.15) is 11.5 Å². The number of hydrogen-bond acceptors (Lipinski definition) is 6. The average Bonchev–Trinajstić information content (AvgIpc) is 2.53. The van der Waals surface area contributed by atoms with E-state index in [1.807, 2.05) is 18.2 Å². The summed E-state index contributed by atoms with van der Waals surface area (Å²) in [5.74, 6) is 1.46. The lowest BCUT2D eigenvalue weighted by atomic mass is 9.91. The second-order valence-electron chi connectivity index (χ2n) is 5.62. The van der Waals surface area contributed by atoms with Crippen LogP contribution < -0.4 is 20.1 Å². The third-order valence-corrected chi connectivity index (χ3v) is 3.95. The maximum atomic E-state index is 11.5. The minimum Gasteiger partial charge on any atom is -0.497 e. The normalized spacial score (nSPS) is 21.4. The van der Waals surface area contributed by atoms with Crippen molar-refractivity contribution < 1.29 is 19.0 Å². The molecule has 1 aromatic rings. The Bertz CT molecular complexity index is 499. The van der Waals surface area contributed by atoms with E-state index in [4.69, 9.17) is 19.9 Å². The molecule has 1 aliphatic heterocycles. The lowest BCUT2D eigenvalue weighted by Crippen LogP contribution is -2.47. The molecule has 122 valence electrons. The topological polar surface area (TPSA) is 74.0 Å². The molecule has 6 heteroatoms. The Kier molecular flexibility index (Phi) is 5.49. The van der Waals surface area contributed by atoms with Gasteiger partial charge in [0.2, 0.25) is 0 Å². The molecule has 2 unspecified atom stereocenters. The van der Waals surface area contributed by atoms with E-state index in [0.29, 0.717) is 6.42 Å². The van der Waals surface area contributed by atoms with Crippen LogP contribution in [0.2, 0.25) is 0 Å². The fourth-order valence-electron chi connectivity index (χ4n) is 2.90. The third kappa shape index (κ3) is 4.04. The zero-order valence-electron chi connectivity index (χ0n) is 13.4. The lowest BCUT2D eigenvalue weighted by Gasteiger charge is -2.37. The number of ether oxygens (including phenoxy) is 3. The molecule has 1 saturated heterocycles. The quantitative estimate of drug-likeness (QED) is 0.829. The SMILES string of the molecule is COC(=O)CC1CC(N)CN(c2cc(OC)cc(OC)c2)C1. The zero-order chi connectivity index (χ0) is 16.1. The van der Waals surface area contributed by atoms with Gasteiger partial charge in [0.25, 0.3) is 0 Å². The fourth-order valence-corrected chi connectivity index (χ4v) is 2.90. The van der Waals surface area contributed by atoms with Crippen molar-refractivity contribution in [3.05, 3.63) is 18.2 Å². The number of piperidine rings is 1. The van der Waals surface area contributed by atoms with Crippen molar-refractivity contribution in [1.82, 2.24) is 0 Å². The highest BCUT2D eigenvalue weighted by atomic mass is 16.5. The van der Waals surface area contributed by atoms with Gasteiger partial charge in [-0.3, -0.25) is 4.79 Å². The molecule has 1 aliphatic rings. The first-order chi connectivity index (χ1) is 10.5. The molecule has 0 spiro atoms. The molecule has 1 fully saturated rings. The Morgan fingerprint density at radius 2 is 1.82 bits per heavy atom. The largest absolute Gasteiger partial charge is 0.497 e. The van der Waals surface area contributed by atoms with Crippen LogP contribution in [0.4, 0.5) is 5.69 Å². The molecule has 0 saturated carbocycles. The van der Waals surface area contributed by atoms with Gasteiger partial charge in [-0.25, -0.2) is 0 Å². The van der Waals surface area contributed by atoms with E-state index in [1.165, 1.54) is 7.11 Å². The van der Waals surface area contributed by atoms with E-state index in [0.717, 1.165) is 36.7 Å². The van der Waals surface area contributed by atoms with E-state index < -0.39 is 0 Å². The van der Waals surface area contributed by atoms with Gasteiger partial charge in [-0.2, -0.15) is 0 Å². The number of nitrogens with zero attached hydrogens (tertiary/aromatic N) is 1. The molecule has 22 heavy (non-hydrogen) atoms. The van der Waals surface area contributed by atoms with Crippen molar-refractivity contribution in [2.45, 2.75) is 18.9 Å². The highest BCUT2D eigenvalue weighted by Gasteiger charge is 2.27. The van der Waals surface area contributed by atoms with Crippen molar-refractivity contribution in [3.8, 4) is 11.5 Å². The summed E-state index contributed by atoms with van der Waals surface area (Å²) >= 11 is 0. The predicted octanol–water partition coefficient (Wildman–Crippen LogP) is 1.42. The number of rotatable bonds is 5. The minimum absolute atomic E-state index is 0.0283. The summed E-state index contributed by atoms with van der Waals surface area (Å²) in [5, 5.41) is 0. The van der Waals surface area contributed by atoms with Crippen LogP contribution in [-0.4, -0.2) is 46.4 Å². The van der Waals surface area contributed by atoms with Gasteiger partial charge in [0.05, 0.1) is 27.8 Å². The highest BCUT2D eigenvalue weighted by Crippen LogP contribution is 2.31. The number of carbonyl (C=O) groups excluding carboxylic acids is 1. The first-order valence-corrected chi connectivity index (χ1v) is 7.36. The molecule has 0 aliphatic carbocycles. The van der Waals surface area contributed by atoms with Crippen LogP contribution in [0.25, 0.3) is 0 Å². The second kappa shape index (κ2) is 7.35. The van der Waals surface area contributed by atoms with E-state index >= 15 is 0 Å². The van der Waals surface area contributed by atoms with Crippen molar-refractivity contribution in [1.29, 1.82) is 0 Å². The van der Waals surface area contributed by atoms with Crippen LogP contribution in [-0.2, 0) is 9.53 Å². The maximum absolute atomic E-state index is 11.5. The van der Waals surface area contributed by atoms with Crippen molar-refractivity contribution >= 4 is 11.7 Å². The van der Waals surface area contributed by atoms with Gasteiger partial charge in [-0.15, -0.1) is 0 Å². The van der Waals surface area contributed by atoms with Gasteiger partial charge in [-0.1, -0.05) is 0 Å². The van der Waals surface area contributed by atoms with Crippen LogP contribution in [0.15, 0.2) is 18.2 Å².